The number of hydrazine groups is 2. The van der Waals surface area contributed by atoms with Crippen LogP contribution in [0.3, 0.4) is 0 Å². The van der Waals surface area contributed by atoms with Crippen LogP contribution in [0.15, 0.2) is 91.0 Å². The highest BCUT2D eigenvalue weighted by Gasteiger charge is 2.07. The Morgan fingerprint density at radius 1 is 0.524 bits per heavy atom. The molecule has 0 aliphatic rings. The normalized spacial score (nSPS) is 10.1. The van der Waals surface area contributed by atoms with Crippen LogP contribution in [0.25, 0.3) is 0 Å². The van der Waals surface area contributed by atoms with Gasteiger partial charge < -0.3 is 5.43 Å². The van der Waals surface area contributed by atoms with Crippen molar-refractivity contribution in [2.75, 3.05) is 10.4 Å². The van der Waals surface area contributed by atoms with Crippen molar-refractivity contribution in [3.05, 3.63) is 91.0 Å². The molecule has 0 aliphatic carbocycles. The molecular formula is C18H17N3. The molecule has 104 valence electrons. The van der Waals surface area contributed by atoms with Gasteiger partial charge in [0.25, 0.3) is 0 Å². The Balaban J connectivity index is 1.83. The van der Waals surface area contributed by atoms with Crippen molar-refractivity contribution in [2.24, 2.45) is 0 Å². The second-order valence-corrected chi connectivity index (χ2v) is 4.61. The lowest BCUT2D eigenvalue weighted by atomic mass is 10.2. The van der Waals surface area contributed by atoms with Crippen LogP contribution in [-0.4, -0.2) is 0 Å². The molecule has 0 saturated heterocycles. The molecule has 3 rings (SSSR count). The smallest absolute Gasteiger partial charge is 0.0595 e. The Morgan fingerprint density at radius 2 is 0.952 bits per heavy atom. The van der Waals surface area contributed by atoms with E-state index in [9.17, 15) is 0 Å². The summed E-state index contributed by atoms with van der Waals surface area (Å²) in [4.78, 5) is 0. The molecule has 0 bridgehead atoms. The van der Waals surface area contributed by atoms with Crippen LogP contribution in [0.1, 0.15) is 0 Å². The first-order valence-corrected chi connectivity index (χ1v) is 6.90. The third-order valence-corrected chi connectivity index (χ3v) is 3.11. The van der Waals surface area contributed by atoms with Crippen LogP contribution in [-0.2, 0) is 0 Å². The standard InChI is InChI=1S/C18H17N3/c1-4-10-16(11-5-1)19-20-21(17-12-6-2-7-13-17)18-14-8-3-9-15-18/h1-15,19-20H. The quantitative estimate of drug-likeness (QED) is 0.678. The molecule has 0 aliphatic heterocycles. The SMILES string of the molecule is c1ccc(NNN(c2ccccc2)c2ccccc2)cc1. The third-order valence-electron chi connectivity index (χ3n) is 3.11. The summed E-state index contributed by atoms with van der Waals surface area (Å²) < 4.78 is 0. The lowest BCUT2D eigenvalue weighted by Crippen LogP contribution is -2.38. The van der Waals surface area contributed by atoms with E-state index in [2.05, 4.69) is 35.2 Å². The van der Waals surface area contributed by atoms with E-state index in [-0.39, 0.29) is 0 Å². The molecule has 2 N–H and O–H groups in total. The maximum absolute atomic E-state index is 3.25. The van der Waals surface area contributed by atoms with Crippen LogP contribution >= 0.6 is 0 Å². The zero-order valence-corrected chi connectivity index (χ0v) is 11.6. The highest BCUT2D eigenvalue weighted by Crippen LogP contribution is 2.22. The lowest BCUT2D eigenvalue weighted by Gasteiger charge is -2.26. The summed E-state index contributed by atoms with van der Waals surface area (Å²) in [7, 11) is 0. The van der Waals surface area contributed by atoms with Gasteiger partial charge in [-0.2, -0.15) is 0 Å². The topological polar surface area (TPSA) is 27.3 Å². The summed E-state index contributed by atoms with van der Waals surface area (Å²) >= 11 is 0. The van der Waals surface area contributed by atoms with Crippen LogP contribution in [0.5, 0.6) is 0 Å². The van der Waals surface area contributed by atoms with E-state index in [1.54, 1.807) is 0 Å². The molecule has 0 atom stereocenters. The Bertz CT molecular complexity index is 614. The second kappa shape index (κ2) is 6.59. The number of para-hydroxylation sites is 3. The van der Waals surface area contributed by atoms with Crippen molar-refractivity contribution in [3.8, 4) is 0 Å². The molecule has 0 unspecified atom stereocenters. The minimum absolute atomic E-state index is 1.01. The van der Waals surface area contributed by atoms with E-state index >= 15 is 0 Å². The Morgan fingerprint density at radius 3 is 1.43 bits per heavy atom. The average molecular weight is 275 g/mol. The van der Waals surface area contributed by atoms with Crippen molar-refractivity contribution < 1.29 is 0 Å². The van der Waals surface area contributed by atoms with Gasteiger partial charge in [-0.1, -0.05) is 54.6 Å². The molecular weight excluding hydrogens is 258 g/mol. The van der Waals surface area contributed by atoms with E-state index in [1.165, 1.54) is 0 Å². The van der Waals surface area contributed by atoms with Gasteiger partial charge in [-0.3, -0.25) is 5.01 Å². The molecule has 3 aromatic carbocycles. The van der Waals surface area contributed by atoms with E-state index in [1.807, 2.05) is 71.7 Å². The van der Waals surface area contributed by atoms with Gasteiger partial charge in [-0.05, 0) is 36.4 Å². The van der Waals surface area contributed by atoms with Crippen LogP contribution in [0, 0.1) is 0 Å². The first-order chi connectivity index (χ1) is 10.4. The van der Waals surface area contributed by atoms with Gasteiger partial charge in [-0.25, -0.2) is 0 Å². The van der Waals surface area contributed by atoms with Gasteiger partial charge in [0, 0.05) is 0 Å². The first-order valence-electron chi connectivity index (χ1n) is 6.90. The zero-order valence-electron chi connectivity index (χ0n) is 11.6. The zero-order chi connectivity index (χ0) is 14.3. The van der Waals surface area contributed by atoms with Gasteiger partial charge in [0.05, 0.1) is 17.1 Å². The number of rotatable bonds is 5. The predicted molar refractivity (Wildman–Crippen MR) is 88.2 cm³/mol. The Kier molecular flexibility index (Phi) is 4.15. The molecule has 21 heavy (non-hydrogen) atoms. The van der Waals surface area contributed by atoms with Gasteiger partial charge in [-0.15, -0.1) is 5.53 Å². The average Bonchev–Trinajstić information content (AvgIpc) is 2.58. The second-order valence-electron chi connectivity index (χ2n) is 4.61. The fraction of sp³-hybridized carbons (Fsp3) is 0. The number of hydrogen-bond acceptors (Lipinski definition) is 3. The van der Waals surface area contributed by atoms with Crippen LogP contribution in [0.4, 0.5) is 17.1 Å². The molecule has 0 amide bonds. The van der Waals surface area contributed by atoms with Gasteiger partial charge in [0.1, 0.15) is 0 Å². The van der Waals surface area contributed by atoms with Crippen LogP contribution < -0.4 is 16.0 Å². The lowest BCUT2D eigenvalue weighted by molar-refractivity contribution is 0.818. The minimum atomic E-state index is 1.01. The summed E-state index contributed by atoms with van der Waals surface area (Å²) in [6.45, 7) is 0. The van der Waals surface area contributed by atoms with Crippen molar-refractivity contribution >= 4 is 17.1 Å². The van der Waals surface area contributed by atoms with Gasteiger partial charge >= 0.3 is 0 Å². The number of benzene rings is 3. The summed E-state index contributed by atoms with van der Waals surface area (Å²) in [6, 6.07) is 30.4. The Labute approximate surface area is 124 Å². The summed E-state index contributed by atoms with van der Waals surface area (Å²) in [5.74, 6) is 0. The largest absolute Gasteiger partial charge is 0.304 e. The highest BCUT2D eigenvalue weighted by atomic mass is 15.7. The predicted octanol–water partition coefficient (Wildman–Crippen LogP) is 4.36. The fourth-order valence-electron chi connectivity index (χ4n) is 2.07. The van der Waals surface area contributed by atoms with Gasteiger partial charge in [0.2, 0.25) is 0 Å². The summed E-state index contributed by atoms with van der Waals surface area (Å²) in [5, 5.41) is 2.01. The monoisotopic (exact) mass is 275 g/mol. The molecule has 3 aromatic rings. The van der Waals surface area contributed by atoms with Crippen molar-refractivity contribution in [2.45, 2.75) is 0 Å². The molecule has 0 aromatic heterocycles. The van der Waals surface area contributed by atoms with Crippen molar-refractivity contribution in [1.29, 1.82) is 0 Å². The number of nitrogens with one attached hydrogen (secondary N) is 2. The number of hydrogen-bond donors (Lipinski definition) is 2. The molecule has 0 saturated carbocycles. The summed E-state index contributed by atoms with van der Waals surface area (Å²) in [5.41, 5.74) is 9.60. The number of nitrogens with zero attached hydrogens (tertiary/aromatic N) is 1. The maximum Gasteiger partial charge on any atom is 0.0595 e. The van der Waals surface area contributed by atoms with E-state index in [0.717, 1.165) is 17.1 Å². The fourth-order valence-corrected chi connectivity index (χ4v) is 2.07. The van der Waals surface area contributed by atoms with Crippen molar-refractivity contribution in [3.63, 3.8) is 0 Å². The van der Waals surface area contributed by atoms with Crippen molar-refractivity contribution in [1.82, 2.24) is 5.53 Å². The molecule has 0 spiro atoms. The summed E-state index contributed by atoms with van der Waals surface area (Å²) in [6.07, 6.45) is 0. The molecule has 0 heterocycles. The maximum atomic E-state index is 3.25. The molecule has 3 nitrogen and oxygen atoms in total. The van der Waals surface area contributed by atoms with E-state index in [4.69, 9.17) is 0 Å². The molecule has 0 fully saturated rings. The van der Waals surface area contributed by atoms with Crippen LogP contribution in [0.2, 0.25) is 0 Å². The highest BCUT2D eigenvalue weighted by molar-refractivity contribution is 5.62. The molecule has 0 radical (unpaired) electrons. The Hall–Kier alpha value is -2.78. The first kappa shape index (κ1) is 13.2. The van der Waals surface area contributed by atoms with E-state index in [0.29, 0.717) is 0 Å². The third kappa shape index (κ3) is 3.41. The number of anilines is 3. The minimum Gasteiger partial charge on any atom is -0.304 e. The van der Waals surface area contributed by atoms with E-state index < -0.39 is 0 Å². The van der Waals surface area contributed by atoms with Gasteiger partial charge in [0.15, 0.2) is 0 Å². The molecule has 3 heteroatoms.